The topological polar surface area (TPSA) is 38.3 Å². The highest BCUT2D eigenvalue weighted by Gasteiger charge is 2.00. The van der Waals surface area contributed by atoms with Crippen LogP contribution in [0.3, 0.4) is 0 Å². The molecule has 0 bridgehead atoms. The molecule has 2 rings (SSSR count). The summed E-state index contributed by atoms with van der Waals surface area (Å²) in [5.74, 6) is 0.692. The average Bonchev–Trinajstić information content (AvgIpc) is 2.55. The predicted octanol–water partition coefficient (Wildman–Crippen LogP) is 5.20. The number of halogens is 1. The number of nitrogens with one attached hydrogen (secondary N) is 1. The standard InChI is InChI=1S/C19H20BrNO2/c1-3-12-23-17-8-4-15(5-9-17)6-11-19(22)21-16-7-10-18(20)14(2)13-16/h4-11,13H,3,12H2,1-2H3,(H,21,22). The molecule has 120 valence electrons. The van der Waals surface area contributed by atoms with E-state index in [1.165, 1.54) is 6.08 Å². The Kier molecular flexibility index (Phi) is 6.41. The van der Waals surface area contributed by atoms with E-state index in [4.69, 9.17) is 4.74 Å². The number of hydrogen-bond donors (Lipinski definition) is 1. The van der Waals surface area contributed by atoms with Crippen molar-refractivity contribution in [3.05, 3.63) is 64.1 Å². The molecule has 0 fully saturated rings. The van der Waals surface area contributed by atoms with Crippen molar-refractivity contribution in [1.82, 2.24) is 0 Å². The zero-order valence-corrected chi connectivity index (χ0v) is 14.9. The molecule has 2 aromatic rings. The predicted molar refractivity (Wildman–Crippen MR) is 98.8 cm³/mol. The Morgan fingerprint density at radius 3 is 2.61 bits per heavy atom. The van der Waals surface area contributed by atoms with Gasteiger partial charge in [0.2, 0.25) is 5.91 Å². The Hall–Kier alpha value is -2.07. The van der Waals surface area contributed by atoms with Crippen LogP contribution in [-0.4, -0.2) is 12.5 Å². The molecule has 1 N–H and O–H groups in total. The minimum Gasteiger partial charge on any atom is -0.494 e. The first-order chi connectivity index (χ1) is 11.1. The van der Waals surface area contributed by atoms with Crippen molar-refractivity contribution >= 4 is 33.6 Å². The quantitative estimate of drug-likeness (QED) is 0.706. The monoisotopic (exact) mass is 373 g/mol. The Labute approximate surface area is 145 Å². The molecule has 0 saturated carbocycles. The van der Waals surface area contributed by atoms with Crippen LogP contribution in [-0.2, 0) is 4.79 Å². The lowest BCUT2D eigenvalue weighted by Crippen LogP contribution is -2.07. The second-order valence-electron chi connectivity index (χ2n) is 5.20. The van der Waals surface area contributed by atoms with Crippen LogP contribution >= 0.6 is 15.9 Å². The van der Waals surface area contributed by atoms with Crippen LogP contribution in [0.15, 0.2) is 53.0 Å². The number of anilines is 1. The second kappa shape index (κ2) is 8.53. The van der Waals surface area contributed by atoms with Gasteiger partial charge in [-0.2, -0.15) is 0 Å². The summed E-state index contributed by atoms with van der Waals surface area (Å²) >= 11 is 3.44. The van der Waals surface area contributed by atoms with Crippen molar-refractivity contribution in [2.24, 2.45) is 0 Å². The van der Waals surface area contributed by atoms with Gasteiger partial charge in [-0.3, -0.25) is 4.79 Å². The van der Waals surface area contributed by atoms with E-state index >= 15 is 0 Å². The van der Waals surface area contributed by atoms with Crippen molar-refractivity contribution in [3.63, 3.8) is 0 Å². The molecule has 1 amide bonds. The smallest absolute Gasteiger partial charge is 0.248 e. The molecule has 0 saturated heterocycles. The van der Waals surface area contributed by atoms with Crippen molar-refractivity contribution in [2.45, 2.75) is 20.3 Å². The lowest BCUT2D eigenvalue weighted by molar-refractivity contribution is -0.111. The van der Waals surface area contributed by atoms with Crippen LogP contribution in [0.5, 0.6) is 5.75 Å². The molecule has 0 aromatic heterocycles. The summed E-state index contributed by atoms with van der Waals surface area (Å²) in [5.41, 5.74) is 2.81. The van der Waals surface area contributed by atoms with Gasteiger partial charge in [-0.05, 0) is 60.9 Å². The van der Waals surface area contributed by atoms with E-state index in [0.717, 1.165) is 33.5 Å². The van der Waals surface area contributed by atoms with Gasteiger partial charge in [0.05, 0.1) is 6.61 Å². The molecule has 0 unspecified atom stereocenters. The van der Waals surface area contributed by atoms with Crippen molar-refractivity contribution < 1.29 is 9.53 Å². The van der Waals surface area contributed by atoms with Crippen LogP contribution in [0.4, 0.5) is 5.69 Å². The summed E-state index contributed by atoms with van der Waals surface area (Å²) in [6.45, 7) is 4.77. The fourth-order valence-electron chi connectivity index (χ4n) is 1.97. The first-order valence-corrected chi connectivity index (χ1v) is 8.36. The molecule has 3 nitrogen and oxygen atoms in total. The minimum atomic E-state index is -0.155. The zero-order valence-electron chi connectivity index (χ0n) is 13.3. The van der Waals surface area contributed by atoms with Gasteiger partial charge in [0.15, 0.2) is 0 Å². The lowest BCUT2D eigenvalue weighted by Gasteiger charge is -2.05. The maximum Gasteiger partial charge on any atom is 0.248 e. The van der Waals surface area contributed by atoms with Crippen molar-refractivity contribution in [1.29, 1.82) is 0 Å². The van der Waals surface area contributed by atoms with Crippen molar-refractivity contribution in [2.75, 3.05) is 11.9 Å². The fraction of sp³-hybridized carbons (Fsp3) is 0.211. The van der Waals surface area contributed by atoms with Gasteiger partial charge < -0.3 is 10.1 Å². The number of benzene rings is 2. The van der Waals surface area contributed by atoms with Gasteiger partial charge in [-0.25, -0.2) is 0 Å². The lowest BCUT2D eigenvalue weighted by atomic mass is 10.2. The van der Waals surface area contributed by atoms with E-state index in [9.17, 15) is 4.79 Å². The molecule has 0 spiro atoms. The van der Waals surface area contributed by atoms with Crippen molar-refractivity contribution in [3.8, 4) is 5.75 Å². The largest absolute Gasteiger partial charge is 0.494 e. The van der Waals surface area contributed by atoms with E-state index in [1.807, 2.05) is 49.4 Å². The molecule has 0 radical (unpaired) electrons. The van der Waals surface area contributed by atoms with Crippen LogP contribution in [0.2, 0.25) is 0 Å². The van der Waals surface area contributed by atoms with Crippen LogP contribution in [0, 0.1) is 6.92 Å². The summed E-state index contributed by atoms with van der Waals surface area (Å²) in [7, 11) is 0. The maximum atomic E-state index is 12.0. The average molecular weight is 374 g/mol. The van der Waals surface area contributed by atoms with Crippen LogP contribution in [0.25, 0.3) is 6.08 Å². The molecule has 0 atom stereocenters. The van der Waals surface area contributed by atoms with Crippen LogP contribution in [0.1, 0.15) is 24.5 Å². The van der Waals surface area contributed by atoms with E-state index < -0.39 is 0 Å². The molecule has 0 heterocycles. The third-order valence-electron chi connectivity index (χ3n) is 3.21. The van der Waals surface area contributed by atoms with Crippen LogP contribution < -0.4 is 10.1 Å². The van der Waals surface area contributed by atoms with E-state index in [2.05, 4.69) is 28.2 Å². The second-order valence-corrected chi connectivity index (χ2v) is 6.06. The summed E-state index contributed by atoms with van der Waals surface area (Å²) in [4.78, 5) is 12.0. The summed E-state index contributed by atoms with van der Waals surface area (Å²) in [6, 6.07) is 13.4. The third kappa shape index (κ3) is 5.57. The Morgan fingerprint density at radius 1 is 1.22 bits per heavy atom. The van der Waals surface area contributed by atoms with Gasteiger partial charge in [0.25, 0.3) is 0 Å². The van der Waals surface area contributed by atoms with Gasteiger partial charge in [0, 0.05) is 16.2 Å². The van der Waals surface area contributed by atoms with Gasteiger partial charge in [-0.15, -0.1) is 0 Å². The first kappa shape index (κ1) is 17.3. The molecule has 23 heavy (non-hydrogen) atoms. The molecule has 2 aromatic carbocycles. The van der Waals surface area contributed by atoms with Gasteiger partial charge in [-0.1, -0.05) is 35.0 Å². The maximum absolute atomic E-state index is 12.0. The summed E-state index contributed by atoms with van der Waals surface area (Å²) < 4.78 is 6.55. The Morgan fingerprint density at radius 2 is 1.96 bits per heavy atom. The number of carbonyl (C=O) groups is 1. The van der Waals surface area contributed by atoms with E-state index in [-0.39, 0.29) is 5.91 Å². The van der Waals surface area contributed by atoms with Gasteiger partial charge >= 0.3 is 0 Å². The number of ether oxygens (including phenoxy) is 1. The molecule has 4 heteroatoms. The van der Waals surface area contributed by atoms with E-state index in [0.29, 0.717) is 6.61 Å². The number of rotatable bonds is 6. The molecule has 0 aliphatic heterocycles. The highest BCUT2D eigenvalue weighted by atomic mass is 79.9. The van der Waals surface area contributed by atoms with E-state index in [1.54, 1.807) is 6.08 Å². The third-order valence-corrected chi connectivity index (χ3v) is 4.10. The number of aryl methyl sites for hydroxylation is 1. The summed E-state index contributed by atoms with van der Waals surface area (Å²) in [5, 5.41) is 2.85. The minimum absolute atomic E-state index is 0.155. The SMILES string of the molecule is CCCOc1ccc(C=CC(=O)Nc2ccc(Br)c(C)c2)cc1. The highest BCUT2D eigenvalue weighted by molar-refractivity contribution is 9.10. The van der Waals surface area contributed by atoms with Gasteiger partial charge in [0.1, 0.15) is 5.75 Å². The number of hydrogen-bond acceptors (Lipinski definition) is 2. The number of carbonyl (C=O) groups excluding carboxylic acids is 1. The highest BCUT2D eigenvalue weighted by Crippen LogP contribution is 2.20. The molecular weight excluding hydrogens is 354 g/mol. The molecule has 0 aliphatic rings. The Bertz CT molecular complexity index is 693. The Balaban J connectivity index is 1.93. The fourth-order valence-corrected chi connectivity index (χ4v) is 2.22. The summed E-state index contributed by atoms with van der Waals surface area (Å²) in [6.07, 6.45) is 4.29. The number of amides is 1. The normalized spacial score (nSPS) is 10.7. The molecule has 0 aliphatic carbocycles. The zero-order chi connectivity index (χ0) is 16.7. The first-order valence-electron chi connectivity index (χ1n) is 7.56. The molecular formula is C19H20BrNO2.